The van der Waals surface area contributed by atoms with E-state index in [-0.39, 0.29) is 30.0 Å². The number of rotatable bonds is 5. The average Bonchev–Trinajstić information content (AvgIpc) is 3.24. The lowest BCUT2D eigenvalue weighted by molar-refractivity contribution is -0.122. The highest BCUT2D eigenvalue weighted by atomic mass is 16.6. The molecular weight excluding hydrogens is 410 g/mol. The minimum atomic E-state index is -0.502. The Morgan fingerprint density at radius 3 is 2.31 bits per heavy atom. The van der Waals surface area contributed by atoms with Crippen LogP contribution in [0.25, 0.3) is 0 Å². The Bertz CT molecular complexity index is 800. The lowest BCUT2D eigenvalue weighted by atomic mass is 10.0. The zero-order chi connectivity index (χ0) is 23.3. The summed E-state index contributed by atoms with van der Waals surface area (Å²) in [5.41, 5.74) is 0.159. The van der Waals surface area contributed by atoms with Gasteiger partial charge in [0.25, 0.3) is 5.91 Å². The number of aromatic nitrogens is 1. The molecule has 9 nitrogen and oxygen atoms in total. The van der Waals surface area contributed by atoms with Crippen molar-refractivity contribution in [3.05, 3.63) is 24.0 Å². The highest BCUT2D eigenvalue weighted by Crippen LogP contribution is 2.26. The van der Waals surface area contributed by atoms with E-state index in [2.05, 4.69) is 15.5 Å². The van der Waals surface area contributed by atoms with Crippen molar-refractivity contribution in [2.75, 3.05) is 39.8 Å². The van der Waals surface area contributed by atoms with E-state index in [0.717, 1.165) is 38.8 Å². The molecule has 0 spiro atoms. The fourth-order valence-electron chi connectivity index (χ4n) is 4.33. The van der Waals surface area contributed by atoms with Gasteiger partial charge < -0.3 is 24.8 Å². The zero-order valence-corrected chi connectivity index (χ0v) is 19.7. The molecule has 2 fully saturated rings. The summed E-state index contributed by atoms with van der Waals surface area (Å²) in [5, 5.41) is 5.82. The normalized spacial score (nSPS) is 18.9. The Kier molecular flexibility index (Phi) is 7.82. The summed E-state index contributed by atoms with van der Waals surface area (Å²) in [4.78, 5) is 40.7. The minimum absolute atomic E-state index is 0.0167. The van der Waals surface area contributed by atoms with Crippen molar-refractivity contribution in [2.24, 2.45) is 0 Å². The number of nitrogens with zero attached hydrogens (tertiary/aromatic N) is 3. The van der Waals surface area contributed by atoms with Gasteiger partial charge in [0.1, 0.15) is 11.3 Å². The van der Waals surface area contributed by atoms with E-state index in [1.54, 1.807) is 11.9 Å². The van der Waals surface area contributed by atoms with Crippen LogP contribution in [-0.4, -0.2) is 83.7 Å². The van der Waals surface area contributed by atoms with E-state index >= 15 is 0 Å². The quantitative estimate of drug-likeness (QED) is 0.720. The number of hydrogen-bond donors (Lipinski definition) is 2. The average molecular weight is 448 g/mol. The van der Waals surface area contributed by atoms with Gasteiger partial charge in [-0.1, -0.05) is 0 Å². The van der Waals surface area contributed by atoms with Crippen molar-refractivity contribution in [2.45, 2.75) is 64.1 Å². The first-order chi connectivity index (χ1) is 15.2. The fraction of sp³-hybridized carbons (Fsp3) is 0.696. The Morgan fingerprint density at radius 1 is 1.06 bits per heavy atom. The second kappa shape index (κ2) is 10.4. The first-order valence-corrected chi connectivity index (χ1v) is 11.5. The summed E-state index contributed by atoms with van der Waals surface area (Å²) in [6.45, 7) is 8.83. The molecule has 0 bridgehead atoms. The molecule has 0 atom stereocenters. The van der Waals surface area contributed by atoms with Crippen LogP contribution in [-0.2, 0) is 9.53 Å². The highest BCUT2D eigenvalue weighted by Gasteiger charge is 2.29. The zero-order valence-electron chi connectivity index (χ0n) is 19.7. The molecule has 3 amide bonds. The number of nitrogens with one attached hydrogen (secondary N) is 2. The van der Waals surface area contributed by atoms with E-state index in [9.17, 15) is 14.4 Å². The first-order valence-electron chi connectivity index (χ1n) is 11.5. The van der Waals surface area contributed by atoms with Crippen molar-refractivity contribution in [1.29, 1.82) is 0 Å². The van der Waals surface area contributed by atoms with E-state index in [1.807, 2.05) is 43.7 Å². The number of hydrogen-bond acceptors (Lipinski definition) is 5. The van der Waals surface area contributed by atoms with Gasteiger partial charge in [-0.05, 0) is 58.6 Å². The van der Waals surface area contributed by atoms with Gasteiger partial charge in [0.05, 0.1) is 6.54 Å². The largest absolute Gasteiger partial charge is 0.444 e. The molecule has 0 aromatic carbocycles. The molecular formula is C23H37N5O4. The topological polar surface area (TPSA) is 95.9 Å². The summed E-state index contributed by atoms with van der Waals surface area (Å²) < 4.78 is 7.52. The molecule has 1 aromatic heterocycles. The maximum Gasteiger partial charge on any atom is 0.410 e. The smallest absolute Gasteiger partial charge is 0.410 e. The van der Waals surface area contributed by atoms with Crippen molar-refractivity contribution < 1.29 is 19.1 Å². The summed E-state index contributed by atoms with van der Waals surface area (Å²) in [6.07, 6.45) is 4.91. The molecule has 0 saturated carbocycles. The number of likely N-dealkylation sites (N-methyl/N-ethyl adjacent to an activating group) is 1. The van der Waals surface area contributed by atoms with Gasteiger partial charge in [0.15, 0.2) is 0 Å². The van der Waals surface area contributed by atoms with Crippen LogP contribution in [0.3, 0.4) is 0 Å². The fourth-order valence-corrected chi connectivity index (χ4v) is 4.33. The monoisotopic (exact) mass is 447 g/mol. The van der Waals surface area contributed by atoms with Crippen molar-refractivity contribution >= 4 is 17.9 Å². The summed E-state index contributed by atoms with van der Waals surface area (Å²) in [5.74, 6) is -0.0441. The van der Waals surface area contributed by atoms with E-state index in [1.165, 1.54) is 0 Å². The van der Waals surface area contributed by atoms with E-state index in [0.29, 0.717) is 25.3 Å². The predicted octanol–water partition coefficient (Wildman–Crippen LogP) is 2.00. The van der Waals surface area contributed by atoms with Crippen molar-refractivity contribution in [3.8, 4) is 0 Å². The molecule has 2 saturated heterocycles. The number of carbonyl (C=O) groups is 3. The van der Waals surface area contributed by atoms with E-state index < -0.39 is 5.60 Å². The van der Waals surface area contributed by atoms with Gasteiger partial charge >= 0.3 is 6.09 Å². The Labute approximate surface area is 190 Å². The van der Waals surface area contributed by atoms with Crippen LogP contribution < -0.4 is 10.6 Å². The van der Waals surface area contributed by atoms with Crippen LogP contribution in [0, 0.1) is 0 Å². The highest BCUT2D eigenvalue weighted by molar-refractivity contribution is 5.93. The molecule has 9 heteroatoms. The van der Waals surface area contributed by atoms with E-state index in [4.69, 9.17) is 4.74 Å². The van der Waals surface area contributed by atoms with Crippen molar-refractivity contribution in [1.82, 2.24) is 25.0 Å². The number of amides is 3. The SMILES string of the molecule is CNC(=O)CN1CCC(NC(=O)c2cccn2C2CCN(C(=O)OC(C)(C)C)CC2)CC1. The van der Waals surface area contributed by atoms with Crippen molar-refractivity contribution in [3.63, 3.8) is 0 Å². The molecule has 1 aromatic rings. The number of carbonyl (C=O) groups excluding carboxylic acids is 3. The summed E-state index contributed by atoms with van der Waals surface area (Å²) in [7, 11) is 1.64. The number of ether oxygens (including phenoxy) is 1. The molecule has 3 heterocycles. The minimum Gasteiger partial charge on any atom is -0.444 e. The summed E-state index contributed by atoms with van der Waals surface area (Å²) >= 11 is 0. The number of piperidine rings is 2. The number of likely N-dealkylation sites (tertiary alicyclic amines) is 2. The van der Waals surface area contributed by atoms with Gasteiger partial charge in [-0.25, -0.2) is 4.79 Å². The molecule has 2 N–H and O–H groups in total. The third-order valence-electron chi connectivity index (χ3n) is 6.09. The molecule has 0 radical (unpaired) electrons. The van der Waals surface area contributed by atoms with Crippen LogP contribution >= 0.6 is 0 Å². The van der Waals surface area contributed by atoms with Crippen LogP contribution in [0.5, 0.6) is 0 Å². The van der Waals surface area contributed by atoms with Crippen LogP contribution in [0.4, 0.5) is 4.79 Å². The maximum absolute atomic E-state index is 13.0. The standard InChI is InChI=1S/C23H37N5O4/c1-23(2,3)32-22(31)27-14-9-18(10-15-27)28-11-5-6-19(28)21(30)25-17-7-12-26(13-8-17)16-20(29)24-4/h5-6,11,17-18H,7-10,12-16H2,1-4H3,(H,24,29)(H,25,30). The van der Waals surface area contributed by atoms with Gasteiger partial charge in [-0.3, -0.25) is 14.5 Å². The first kappa shape index (κ1) is 24.1. The van der Waals surface area contributed by atoms with Crippen LogP contribution in [0.1, 0.15) is 63.0 Å². The molecule has 3 rings (SSSR count). The molecule has 178 valence electrons. The third kappa shape index (κ3) is 6.48. The second-order valence-electron chi connectivity index (χ2n) is 9.70. The molecule has 2 aliphatic rings. The second-order valence-corrected chi connectivity index (χ2v) is 9.70. The van der Waals surface area contributed by atoms with Gasteiger partial charge in [-0.15, -0.1) is 0 Å². The van der Waals surface area contributed by atoms with Crippen LogP contribution in [0.15, 0.2) is 18.3 Å². The lowest BCUT2D eigenvalue weighted by Gasteiger charge is -2.35. The molecule has 2 aliphatic heterocycles. The molecule has 0 unspecified atom stereocenters. The Morgan fingerprint density at radius 2 is 1.72 bits per heavy atom. The predicted molar refractivity (Wildman–Crippen MR) is 122 cm³/mol. The maximum atomic E-state index is 13.0. The third-order valence-corrected chi connectivity index (χ3v) is 6.09. The lowest BCUT2D eigenvalue weighted by Crippen LogP contribution is -2.47. The van der Waals surface area contributed by atoms with Gasteiger partial charge in [0.2, 0.25) is 5.91 Å². The molecule has 0 aliphatic carbocycles. The van der Waals surface area contributed by atoms with Gasteiger partial charge in [-0.2, -0.15) is 0 Å². The summed E-state index contributed by atoms with van der Waals surface area (Å²) in [6, 6.07) is 4.05. The Balaban J connectivity index is 1.50. The Hall–Kier alpha value is -2.55. The van der Waals surface area contributed by atoms with Gasteiger partial charge in [0, 0.05) is 51.5 Å². The molecule has 32 heavy (non-hydrogen) atoms. The van der Waals surface area contributed by atoms with Crippen LogP contribution in [0.2, 0.25) is 0 Å².